The molecule has 4 rings (SSSR count). The molecule has 1 amide bonds. The Morgan fingerprint density at radius 2 is 2.26 bits per heavy atom. The zero-order valence-corrected chi connectivity index (χ0v) is 14.6. The highest BCUT2D eigenvalue weighted by Crippen LogP contribution is 2.23. The molecule has 2 aromatic heterocycles. The van der Waals surface area contributed by atoms with Gasteiger partial charge in [0.15, 0.2) is 0 Å². The first-order chi connectivity index (χ1) is 13.1. The van der Waals surface area contributed by atoms with Crippen LogP contribution in [0.5, 0.6) is 6.01 Å². The number of pyridine rings is 1. The number of carbonyl (C=O) groups is 1. The molecular formula is C17H19N5O5. The number of hydrogen-bond donors (Lipinski definition) is 0. The minimum Gasteiger partial charge on any atom is -0.443 e. The van der Waals surface area contributed by atoms with Crippen LogP contribution in [0.4, 0.5) is 11.6 Å². The fourth-order valence-electron chi connectivity index (χ4n) is 3.18. The number of nitro groups is 1. The molecule has 10 heteroatoms. The van der Waals surface area contributed by atoms with Crippen LogP contribution in [0.3, 0.4) is 0 Å². The number of imidazole rings is 1. The Labute approximate surface area is 154 Å². The smallest absolute Gasteiger partial charge is 0.414 e. The Kier molecular flexibility index (Phi) is 4.71. The molecule has 2 aliphatic heterocycles. The lowest BCUT2D eigenvalue weighted by atomic mass is 10.1. The zero-order valence-electron chi connectivity index (χ0n) is 14.6. The summed E-state index contributed by atoms with van der Waals surface area (Å²) < 4.78 is 12.8. The van der Waals surface area contributed by atoms with Crippen LogP contribution in [-0.2, 0) is 22.7 Å². The summed E-state index contributed by atoms with van der Waals surface area (Å²) in [4.78, 5) is 32.1. The Morgan fingerprint density at radius 3 is 3.00 bits per heavy atom. The Hall–Kier alpha value is -3.01. The van der Waals surface area contributed by atoms with Crippen LogP contribution in [0.2, 0.25) is 0 Å². The molecule has 4 heterocycles. The first kappa shape index (κ1) is 17.4. The standard InChI is InChI=1S/C17H19N5O5/c23-16-3-1-2-6-21(16)14-5-4-12(7-18-14)10-26-13-8-20-9-15(22(24)25)19-17(20)27-11-13/h4-5,7,9,13H,1-3,6,8,10-11H2/t13-/m0/s1. The van der Waals surface area contributed by atoms with Crippen LogP contribution in [0, 0.1) is 10.1 Å². The first-order valence-corrected chi connectivity index (χ1v) is 8.81. The van der Waals surface area contributed by atoms with E-state index in [0.29, 0.717) is 31.9 Å². The summed E-state index contributed by atoms with van der Waals surface area (Å²) in [7, 11) is 0. The third kappa shape index (κ3) is 3.75. The minimum absolute atomic E-state index is 0.113. The zero-order chi connectivity index (χ0) is 18.8. The van der Waals surface area contributed by atoms with Crippen molar-refractivity contribution in [2.45, 2.75) is 38.5 Å². The molecule has 0 N–H and O–H groups in total. The summed E-state index contributed by atoms with van der Waals surface area (Å²) in [6.07, 6.45) is 5.31. The van der Waals surface area contributed by atoms with E-state index in [1.807, 2.05) is 12.1 Å². The molecule has 0 unspecified atom stereocenters. The van der Waals surface area contributed by atoms with Gasteiger partial charge in [-0.3, -0.25) is 14.3 Å². The van der Waals surface area contributed by atoms with E-state index >= 15 is 0 Å². The molecule has 27 heavy (non-hydrogen) atoms. The highest BCUT2D eigenvalue weighted by atomic mass is 16.6. The second kappa shape index (κ2) is 7.31. The van der Waals surface area contributed by atoms with Gasteiger partial charge in [-0.1, -0.05) is 6.07 Å². The summed E-state index contributed by atoms with van der Waals surface area (Å²) in [6, 6.07) is 3.96. The quantitative estimate of drug-likeness (QED) is 0.579. The van der Waals surface area contributed by atoms with Gasteiger partial charge in [-0.15, -0.1) is 0 Å². The highest BCUT2D eigenvalue weighted by Gasteiger charge is 2.28. The fraction of sp³-hybridized carbons (Fsp3) is 0.471. The monoisotopic (exact) mass is 373 g/mol. The molecule has 1 atom stereocenters. The van der Waals surface area contributed by atoms with Gasteiger partial charge in [0.05, 0.1) is 13.2 Å². The van der Waals surface area contributed by atoms with Crippen molar-refractivity contribution in [3.05, 3.63) is 40.2 Å². The average molecular weight is 373 g/mol. The molecule has 0 aliphatic carbocycles. The van der Waals surface area contributed by atoms with Gasteiger partial charge in [0, 0.05) is 24.1 Å². The summed E-state index contributed by atoms with van der Waals surface area (Å²) >= 11 is 0. The number of hydrogen-bond acceptors (Lipinski definition) is 7. The molecule has 1 saturated heterocycles. The highest BCUT2D eigenvalue weighted by molar-refractivity contribution is 5.92. The molecule has 142 valence electrons. The van der Waals surface area contributed by atoms with E-state index in [2.05, 4.69) is 9.97 Å². The summed E-state index contributed by atoms with van der Waals surface area (Å²) in [6.45, 7) is 1.76. The number of anilines is 1. The largest absolute Gasteiger partial charge is 0.443 e. The molecule has 1 fully saturated rings. The maximum atomic E-state index is 12.0. The van der Waals surface area contributed by atoms with Gasteiger partial charge in [0.2, 0.25) is 5.91 Å². The van der Waals surface area contributed by atoms with Crippen LogP contribution in [0.25, 0.3) is 0 Å². The van der Waals surface area contributed by atoms with Crippen LogP contribution in [0.1, 0.15) is 24.8 Å². The third-order valence-electron chi connectivity index (χ3n) is 4.61. The predicted octanol–water partition coefficient (Wildman–Crippen LogP) is 1.68. The van der Waals surface area contributed by atoms with E-state index in [9.17, 15) is 14.9 Å². The van der Waals surface area contributed by atoms with Crippen molar-refractivity contribution in [1.29, 1.82) is 0 Å². The average Bonchev–Trinajstić information content (AvgIpc) is 3.11. The molecule has 2 aliphatic rings. The second-order valence-corrected chi connectivity index (χ2v) is 6.56. The van der Waals surface area contributed by atoms with Crippen molar-refractivity contribution >= 4 is 17.5 Å². The van der Waals surface area contributed by atoms with Gasteiger partial charge < -0.3 is 19.6 Å². The number of fused-ring (bicyclic) bond motifs is 1. The molecular weight excluding hydrogens is 354 g/mol. The number of nitrogens with zero attached hydrogens (tertiary/aromatic N) is 5. The number of rotatable bonds is 5. The van der Waals surface area contributed by atoms with E-state index in [1.165, 1.54) is 6.20 Å². The Bertz CT molecular complexity index is 850. The molecule has 0 bridgehead atoms. The van der Waals surface area contributed by atoms with Gasteiger partial charge in [-0.25, -0.2) is 4.98 Å². The van der Waals surface area contributed by atoms with Gasteiger partial charge >= 0.3 is 11.8 Å². The van der Waals surface area contributed by atoms with Crippen molar-refractivity contribution in [3.63, 3.8) is 0 Å². The van der Waals surface area contributed by atoms with Crippen molar-refractivity contribution in [1.82, 2.24) is 14.5 Å². The van der Waals surface area contributed by atoms with Crippen LogP contribution in [-0.4, -0.2) is 44.6 Å². The fourth-order valence-corrected chi connectivity index (χ4v) is 3.18. The number of piperidine rings is 1. The maximum Gasteiger partial charge on any atom is 0.414 e. The Balaban J connectivity index is 1.33. The summed E-state index contributed by atoms with van der Waals surface area (Å²) in [5.41, 5.74) is 0.880. The third-order valence-corrected chi connectivity index (χ3v) is 4.61. The van der Waals surface area contributed by atoms with Gasteiger partial charge in [0.1, 0.15) is 24.7 Å². The van der Waals surface area contributed by atoms with E-state index in [1.54, 1.807) is 15.7 Å². The molecule has 0 spiro atoms. The summed E-state index contributed by atoms with van der Waals surface area (Å²) in [5, 5.41) is 10.8. The number of carbonyl (C=O) groups excluding carboxylic acids is 1. The number of aromatic nitrogens is 3. The van der Waals surface area contributed by atoms with Gasteiger partial charge in [0.25, 0.3) is 0 Å². The topological polar surface area (TPSA) is 113 Å². The lowest BCUT2D eigenvalue weighted by molar-refractivity contribution is -0.389. The molecule has 0 saturated carbocycles. The van der Waals surface area contributed by atoms with Crippen LogP contribution >= 0.6 is 0 Å². The SMILES string of the molecule is O=C1CCCCN1c1ccc(CO[C@@H]2COc3nc([N+](=O)[O-])cn3C2)cn1. The molecule has 10 nitrogen and oxygen atoms in total. The summed E-state index contributed by atoms with van der Waals surface area (Å²) in [5.74, 6) is 0.542. The van der Waals surface area contributed by atoms with E-state index in [4.69, 9.17) is 9.47 Å². The van der Waals surface area contributed by atoms with Gasteiger partial charge in [-0.2, -0.15) is 0 Å². The molecule has 0 radical (unpaired) electrons. The first-order valence-electron chi connectivity index (χ1n) is 8.81. The van der Waals surface area contributed by atoms with Crippen LogP contribution < -0.4 is 9.64 Å². The number of ether oxygens (including phenoxy) is 2. The van der Waals surface area contributed by atoms with E-state index in [-0.39, 0.29) is 30.4 Å². The van der Waals surface area contributed by atoms with Crippen molar-refractivity contribution in [2.75, 3.05) is 18.1 Å². The van der Waals surface area contributed by atoms with Crippen molar-refractivity contribution in [2.24, 2.45) is 0 Å². The van der Waals surface area contributed by atoms with Crippen LogP contribution in [0.15, 0.2) is 24.5 Å². The van der Waals surface area contributed by atoms with E-state index in [0.717, 1.165) is 18.4 Å². The van der Waals surface area contributed by atoms with E-state index < -0.39 is 4.92 Å². The van der Waals surface area contributed by atoms with Crippen molar-refractivity contribution < 1.29 is 19.2 Å². The lowest BCUT2D eigenvalue weighted by Crippen LogP contribution is -2.35. The number of amides is 1. The molecule has 2 aromatic rings. The Morgan fingerprint density at radius 1 is 1.37 bits per heavy atom. The lowest BCUT2D eigenvalue weighted by Gasteiger charge is -2.26. The second-order valence-electron chi connectivity index (χ2n) is 6.56. The van der Waals surface area contributed by atoms with Gasteiger partial charge in [-0.05, 0) is 29.4 Å². The molecule has 0 aromatic carbocycles. The minimum atomic E-state index is -0.551. The van der Waals surface area contributed by atoms with Crippen molar-refractivity contribution in [3.8, 4) is 6.01 Å². The normalized spacial score (nSPS) is 19.5. The predicted molar refractivity (Wildman–Crippen MR) is 93.4 cm³/mol. The maximum absolute atomic E-state index is 12.0.